The van der Waals surface area contributed by atoms with Gasteiger partial charge in [0.1, 0.15) is 23.4 Å². The van der Waals surface area contributed by atoms with Crippen molar-refractivity contribution in [2.24, 2.45) is 4.99 Å². The normalized spacial score (nSPS) is 15.5. The number of nitrogens with zero attached hydrogens (tertiary/aromatic N) is 3. The van der Waals surface area contributed by atoms with Gasteiger partial charge in [-0.25, -0.2) is 4.98 Å². The maximum Gasteiger partial charge on any atom is 0.191 e. The fourth-order valence-corrected chi connectivity index (χ4v) is 3.31. The number of ether oxygens (including phenoxy) is 2. The van der Waals surface area contributed by atoms with E-state index in [4.69, 9.17) is 9.47 Å². The molecule has 0 aliphatic carbocycles. The van der Waals surface area contributed by atoms with Gasteiger partial charge < -0.3 is 25.0 Å². The number of nitrogens with one attached hydrogen (secondary N) is 2. The number of aliphatic imine (C=N–C) groups is 1. The topological polar surface area (TPSA) is 71.0 Å². The Kier molecular flexibility index (Phi) is 6.80. The lowest BCUT2D eigenvalue weighted by molar-refractivity contribution is 0.254. The van der Waals surface area contributed by atoms with Crippen LogP contribution in [0.1, 0.15) is 30.5 Å². The Labute approximate surface area is 173 Å². The summed E-state index contributed by atoms with van der Waals surface area (Å²) >= 11 is 0. The number of anilines is 1. The van der Waals surface area contributed by atoms with Crippen molar-refractivity contribution in [2.45, 2.75) is 39.5 Å². The molecular weight excluding hydrogens is 366 g/mol. The third-order valence-electron chi connectivity index (χ3n) is 4.78. The first-order valence-corrected chi connectivity index (χ1v) is 10.0. The predicted octanol–water partition coefficient (Wildman–Crippen LogP) is 2.73. The minimum Gasteiger partial charge on any atom is -0.494 e. The van der Waals surface area contributed by atoms with E-state index in [1.165, 1.54) is 5.56 Å². The van der Waals surface area contributed by atoms with Gasteiger partial charge in [0.2, 0.25) is 0 Å². The lowest BCUT2D eigenvalue weighted by Gasteiger charge is -2.16. The van der Waals surface area contributed by atoms with Crippen LogP contribution >= 0.6 is 0 Å². The van der Waals surface area contributed by atoms with Crippen molar-refractivity contribution in [3.05, 3.63) is 47.2 Å². The number of guanidine groups is 1. The molecule has 7 heteroatoms. The number of hydrogen-bond acceptors (Lipinski definition) is 5. The van der Waals surface area contributed by atoms with Crippen LogP contribution in [0.2, 0.25) is 0 Å². The molecule has 156 valence electrons. The van der Waals surface area contributed by atoms with Crippen LogP contribution in [0.4, 0.5) is 5.82 Å². The molecule has 1 aromatic heterocycles. The fraction of sp³-hybridized carbons (Fsp3) is 0.455. The van der Waals surface area contributed by atoms with Gasteiger partial charge in [0, 0.05) is 58.0 Å². The number of benzene rings is 1. The van der Waals surface area contributed by atoms with Crippen molar-refractivity contribution in [1.29, 1.82) is 0 Å². The summed E-state index contributed by atoms with van der Waals surface area (Å²) in [4.78, 5) is 10.7. The Hall–Kier alpha value is -2.96. The number of rotatable bonds is 7. The second-order valence-corrected chi connectivity index (χ2v) is 7.33. The average Bonchev–Trinajstić information content (AvgIpc) is 3.07. The van der Waals surface area contributed by atoms with Gasteiger partial charge in [0.25, 0.3) is 0 Å². The molecule has 0 radical (unpaired) electrons. The van der Waals surface area contributed by atoms with Crippen LogP contribution < -0.4 is 25.0 Å². The first-order chi connectivity index (χ1) is 14.0. The number of hydrogen-bond donors (Lipinski definition) is 2. The van der Waals surface area contributed by atoms with E-state index in [0.29, 0.717) is 19.7 Å². The zero-order valence-electron chi connectivity index (χ0n) is 18.0. The molecule has 2 aromatic rings. The molecule has 1 aliphatic rings. The fourth-order valence-electron chi connectivity index (χ4n) is 3.31. The van der Waals surface area contributed by atoms with Crippen molar-refractivity contribution < 1.29 is 9.47 Å². The highest BCUT2D eigenvalue weighted by Gasteiger charge is 2.21. The highest BCUT2D eigenvalue weighted by atomic mass is 16.5. The van der Waals surface area contributed by atoms with Crippen molar-refractivity contribution in [2.75, 3.05) is 32.6 Å². The number of pyridine rings is 1. The first kappa shape index (κ1) is 20.8. The van der Waals surface area contributed by atoms with Crippen LogP contribution in [0.25, 0.3) is 0 Å². The van der Waals surface area contributed by atoms with Crippen LogP contribution in [0.5, 0.6) is 11.5 Å². The highest BCUT2D eigenvalue weighted by Crippen LogP contribution is 2.35. The molecule has 0 saturated heterocycles. The van der Waals surface area contributed by atoms with Crippen LogP contribution in [-0.2, 0) is 19.5 Å². The first-order valence-electron chi connectivity index (χ1n) is 10.0. The van der Waals surface area contributed by atoms with Crippen molar-refractivity contribution in [3.63, 3.8) is 0 Å². The van der Waals surface area contributed by atoms with E-state index in [2.05, 4.69) is 45.7 Å². The molecule has 7 nitrogen and oxygen atoms in total. The van der Waals surface area contributed by atoms with Crippen LogP contribution in [-0.4, -0.2) is 44.8 Å². The monoisotopic (exact) mass is 397 g/mol. The Morgan fingerprint density at radius 3 is 2.79 bits per heavy atom. The molecule has 1 atom stereocenters. The summed E-state index contributed by atoms with van der Waals surface area (Å²) in [6, 6.07) is 8.25. The minimum absolute atomic E-state index is 0.213. The SMILES string of the molecule is CCOc1cc2c(cc1CNC(=NC)NCc1ccnc(N(C)C)c1)OC(C)C2. The van der Waals surface area contributed by atoms with Crippen molar-refractivity contribution in [3.8, 4) is 11.5 Å². The van der Waals surface area contributed by atoms with Gasteiger partial charge in [-0.15, -0.1) is 0 Å². The Morgan fingerprint density at radius 1 is 1.28 bits per heavy atom. The largest absolute Gasteiger partial charge is 0.494 e. The molecular formula is C22H31N5O2. The zero-order chi connectivity index (χ0) is 20.8. The van der Waals surface area contributed by atoms with E-state index in [1.54, 1.807) is 7.05 Å². The Morgan fingerprint density at radius 2 is 2.07 bits per heavy atom. The maximum absolute atomic E-state index is 5.91. The Bertz CT molecular complexity index is 866. The smallest absolute Gasteiger partial charge is 0.191 e. The maximum atomic E-state index is 5.91. The third-order valence-corrected chi connectivity index (χ3v) is 4.78. The van der Waals surface area contributed by atoms with E-state index in [1.807, 2.05) is 38.2 Å². The predicted molar refractivity (Wildman–Crippen MR) is 117 cm³/mol. The average molecular weight is 398 g/mol. The molecule has 1 aliphatic heterocycles. The Balaban J connectivity index is 1.63. The van der Waals surface area contributed by atoms with Crippen molar-refractivity contribution >= 4 is 11.8 Å². The molecule has 1 unspecified atom stereocenters. The van der Waals surface area contributed by atoms with Crippen LogP contribution in [0, 0.1) is 0 Å². The summed E-state index contributed by atoms with van der Waals surface area (Å²) in [5.74, 6) is 3.51. The third kappa shape index (κ3) is 5.31. The quantitative estimate of drug-likeness (QED) is 0.553. The highest BCUT2D eigenvalue weighted by molar-refractivity contribution is 5.79. The summed E-state index contributed by atoms with van der Waals surface area (Å²) in [7, 11) is 5.73. The minimum atomic E-state index is 0.213. The van der Waals surface area contributed by atoms with Gasteiger partial charge in [-0.1, -0.05) is 0 Å². The summed E-state index contributed by atoms with van der Waals surface area (Å²) in [6.07, 6.45) is 2.96. The van der Waals surface area contributed by atoms with Gasteiger partial charge >= 0.3 is 0 Å². The lowest BCUT2D eigenvalue weighted by atomic mass is 10.1. The van der Waals surface area contributed by atoms with Gasteiger partial charge in [-0.3, -0.25) is 4.99 Å². The van der Waals surface area contributed by atoms with E-state index in [9.17, 15) is 0 Å². The molecule has 29 heavy (non-hydrogen) atoms. The zero-order valence-corrected chi connectivity index (χ0v) is 18.0. The van der Waals surface area contributed by atoms with E-state index >= 15 is 0 Å². The van der Waals surface area contributed by atoms with Crippen LogP contribution in [0.3, 0.4) is 0 Å². The van der Waals surface area contributed by atoms with Crippen molar-refractivity contribution in [1.82, 2.24) is 15.6 Å². The standard InChI is InChI=1S/C22H31N5O2/c1-6-28-19-11-17-9-15(2)29-20(17)12-18(19)14-26-22(23-3)25-13-16-7-8-24-21(10-16)27(4)5/h7-8,10-12,15H,6,9,13-14H2,1-5H3,(H2,23,25,26). The molecule has 0 amide bonds. The summed E-state index contributed by atoms with van der Waals surface area (Å²) < 4.78 is 11.8. The summed E-state index contributed by atoms with van der Waals surface area (Å²) in [5, 5.41) is 6.73. The van der Waals surface area contributed by atoms with Gasteiger partial charge in [-0.05, 0) is 43.7 Å². The molecule has 1 aromatic carbocycles. The number of fused-ring (bicyclic) bond motifs is 1. The second-order valence-electron chi connectivity index (χ2n) is 7.33. The van der Waals surface area contributed by atoms with Gasteiger partial charge in [0.05, 0.1) is 6.61 Å². The summed E-state index contributed by atoms with van der Waals surface area (Å²) in [6.45, 7) is 5.97. The lowest BCUT2D eigenvalue weighted by Crippen LogP contribution is -2.36. The molecule has 0 spiro atoms. The molecule has 0 saturated carbocycles. The van der Waals surface area contributed by atoms with E-state index < -0.39 is 0 Å². The van der Waals surface area contributed by atoms with Gasteiger partial charge in [0.15, 0.2) is 5.96 Å². The van der Waals surface area contributed by atoms with Gasteiger partial charge in [-0.2, -0.15) is 0 Å². The molecule has 3 rings (SSSR count). The van der Waals surface area contributed by atoms with Crippen LogP contribution in [0.15, 0.2) is 35.5 Å². The van der Waals surface area contributed by atoms with E-state index in [0.717, 1.165) is 40.8 Å². The number of aromatic nitrogens is 1. The molecule has 0 fully saturated rings. The molecule has 2 heterocycles. The van der Waals surface area contributed by atoms with E-state index in [-0.39, 0.29) is 6.10 Å². The molecule has 0 bridgehead atoms. The molecule has 2 N–H and O–H groups in total. The summed E-state index contributed by atoms with van der Waals surface area (Å²) in [5.41, 5.74) is 3.41. The second kappa shape index (κ2) is 9.49.